The highest BCUT2D eigenvalue weighted by atomic mass is 32.1. The Labute approximate surface area is 586 Å². The van der Waals surface area contributed by atoms with Crippen LogP contribution in [0.3, 0.4) is 0 Å². The summed E-state index contributed by atoms with van der Waals surface area (Å²) >= 11 is 5.60. The Morgan fingerprint density at radius 3 is 1.03 bits per heavy atom. The van der Waals surface area contributed by atoms with E-state index in [2.05, 4.69) is 396 Å². The Morgan fingerprint density at radius 2 is 0.495 bits per heavy atom. The molecule has 3 heterocycles. The highest BCUT2D eigenvalue weighted by molar-refractivity contribution is 7.27. The van der Waals surface area contributed by atoms with Crippen LogP contribution in [0.5, 0.6) is 0 Å². The van der Waals surface area contributed by atoms with Gasteiger partial charge in [0.2, 0.25) is 0 Å². The zero-order valence-corrected chi connectivity index (χ0v) is 56.3. The number of nitrogens with zero attached hydrogens (tertiary/aromatic N) is 4. The average molecular weight is 1320 g/mol. The molecule has 0 bridgehead atoms. The van der Waals surface area contributed by atoms with Crippen molar-refractivity contribution in [2.45, 2.75) is 0 Å². The van der Waals surface area contributed by atoms with E-state index >= 15 is 0 Å². The van der Waals surface area contributed by atoms with E-state index in [1.165, 1.54) is 127 Å². The van der Waals surface area contributed by atoms with Crippen LogP contribution >= 0.6 is 34.0 Å². The van der Waals surface area contributed by atoms with E-state index < -0.39 is 0 Å². The lowest BCUT2D eigenvalue weighted by Crippen LogP contribution is -2.11. The monoisotopic (exact) mass is 1320 g/mol. The van der Waals surface area contributed by atoms with Crippen molar-refractivity contribution < 1.29 is 0 Å². The van der Waals surface area contributed by atoms with Gasteiger partial charge in [-0.3, -0.25) is 0 Å². The Hall–Kier alpha value is -12.1. The first kappa shape index (κ1) is 59.4. The van der Waals surface area contributed by atoms with Crippen LogP contribution in [0.4, 0.5) is 68.2 Å². The van der Waals surface area contributed by atoms with Crippen LogP contribution in [-0.2, 0) is 0 Å². The molecule has 0 aliphatic rings. The molecule has 99 heavy (non-hydrogen) atoms. The molecule has 0 saturated carbocycles. The minimum absolute atomic E-state index is 1.13. The second-order valence-corrected chi connectivity index (χ2v) is 27.9. The van der Waals surface area contributed by atoms with Crippen molar-refractivity contribution in [1.29, 1.82) is 0 Å². The van der Waals surface area contributed by atoms with Crippen LogP contribution in [0.1, 0.15) is 0 Å². The van der Waals surface area contributed by atoms with Gasteiger partial charge in [-0.05, 0) is 149 Å². The smallest absolute Gasteiger partial charge is 0.0640 e. The standard InChI is InChI=1S/C48H32N2S2.C44H30N2S/c1-4-14-33(15-5-1)34-26-28-37(29-27-34)50(38-30-31-40-39-20-10-11-24-44(39)51-46(40)32-38)43-23-12-21-41-47-42(22-13-25-45(47)52-48(41)43)49(35-16-6-2-7-17-35)36-18-8-3-9-19-36;1-3-19-33(20-4-1)45(38-26-11-17-31-15-7-9-23-35(31)38)40-28-14-30-42-43(40)37-25-13-29-41(44(37)47-42)46(34-21-5-2-6-22-34)39-27-12-18-32-16-8-10-24-36(32)39/h1-32H;1-30H. The largest absolute Gasteiger partial charge is 0.310 e. The molecule has 0 N–H and O–H groups in total. The van der Waals surface area contributed by atoms with E-state index in [0.29, 0.717) is 0 Å². The number of rotatable bonds is 13. The van der Waals surface area contributed by atoms with Gasteiger partial charge in [-0.25, -0.2) is 0 Å². The molecule has 468 valence electrons. The van der Waals surface area contributed by atoms with E-state index in [1.807, 2.05) is 34.0 Å². The highest BCUT2D eigenvalue weighted by Crippen LogP contribution is 2.53. The van der Waals surface area contributed by atoms with Crippen LogP contribution in [0, 0.1) is 0 Å². The summed E-state index contributed by atoms with van der Waals surface area (Å²) in [5.41, 5.74) is 16.2. The molecule has 4 nitrogen and oxygen atoms in total. The van der Waals surface area contributed by atoms with Gasteiger partial charge < -0.3 is 19.6 Å². The molecule has 0 atom stereocenters. The van der Waals surface area contributed by atoms with Crippen molar-refractivity contribution in [1.82, 2.24) is 0 Å². The third-order valence-electron chi connectivity index (χ3n) is 18.8. The normalized spacial score (nSPS) is 11.4. The van der Waals surface area contributed by atoms with Crippen molar-refractivity contribution in [2.24, 2.45) is 0 Å². The molecular weight excluding hydrogens is 1260 g/mol. The second-order valence-electron chi connectivity index (χ2n) is 24.7. The molecule has 16 aromatic carbocycles. The summed E-state index contributed by atoms with van der Waals surface area (Å²) in [5, 5.41) is 12.5. The van der Waals surface area contributed by atoms with Crippen molar-refractivity contribution in [3.63, 3.8) is 0 Å². The molecule has 0 fully saturated rings. The molecule has 0 aliphatic carbocycles. The quantitative estimate of drug-likeness (QED) is 0.114. The number of para-hydroxylation sites is 4. The number of benzene rings is 16. The molecule has 7 heteroatoms. The molecule has 19 rings (SSSR count). The summed E-state index contributed by atoms with van der Waals surface area (Å²) in [4.78, 5) is 9.70. The van der Waals surface area contributed by atoms with Crippen LogP contribution in [0.25, 0.3) is 93.2 Å². The van der Waals surface area contributed by atoms with E-state index in [1.54, 1.807) is 0 Å². The molecule has 0 amide bonds. The van der Waals surface area contributed by atoms with Gasteiger partial charge in [0.15, 0.2) is 0 Å². The summed E-state index contributed by atoms with van der Waals surface area (Å²) in [7, 11) is 0. The Bertz CT molecular complexity index is 6080. The van der Waals surface area contributed by atoms with Crippen molar-refractivity contribution in [3.8, 4) is 11.1 Å². The topological polar surface area (TPSA) is 13.0 Å². The lowest BCUT2D eigenvalue weighted by Gasteiger charge is -2.28. The zero-order valence-electron chi connectivity index (χ0n) is 53.8. The fourth-order valence-electron chi connectivity index (χ4n) is 14.4. The molecule has 0 unspecified atom stereocenters. The number of fused-ring (bicyclic) bond motifs is 11. The third-order valence-corrected chi connectivity index (χ3v) is 22.4. The zero-order chi connectivity index (χ0) is 65.6. The minimum atomic E-state index is 1.13. The molecule has 0 spiro atoms. The van der Waals surface area contributed by atoms with E-state index in [0.717, 1.165) is 34.1 Å². The number of thiophene rings is 3. The summed E-state index contributed by atoms with van der Waals surface area (Å²) in [5.74, 6) is 0. The van der Waals surface area contributed by atoms with E-state index in [4.69, 9.17) is 0 Å². The molecule has 0 radical (unpaired) electrons. The van der Waals surface area contributed by atoms with Gasteiger partial charge in [0.25, 0.3) is 0 Å². The Morgan fingerprint density at radius 1 is 0.172 bits per heavy atom. The molecule has 0 aliphatic heterocycles. The van der Waals surface area contributed by atoms with Crippen LogP contribution in [0.15, 0.2) is 376 Å². The van der Waals surface area contributed by atoms with E-state index in [-0.39, 0.29) is 0 Å². The van der Waals surface area contributed by atoms with Crippen LogP contribution in [0.2, 0.25) is 0 Å². The van der Waals surface area contributed by atoms with Gasteiger partial charge in [0, 0.05) is 96.0 Å². The van der Waals surface area contributed by atoms with Gasteiger partial charge in [0.1, 0.15) is 0 Å². The second kappa shape index (κ2) is 25.8. The average Bonchev–Trinajstić information content (AvgIpc) is 1.64. The maximum atomic E-state index is 2.45. The predicted molar refractivity (Wildman–Crippen MR) is 431 cm³/mol. The van der Waals surface area contributed by atoms with Crippen molar-refractivity contribution >= 4 is 184 Å². The SMILES string of the molecule is c1ccc(-c2ccc(N(c3ccc4c(c3)sc3ccccc34)c3cccc4c3sc3cccc(N(c5ccccc5)c5ccccc5)c34)cc2)cc1.c1ccc(N(c2cccc3ccccc23)c2cccc3c2sc2cccc(N(c4ccccc4)c4cccc5ccccc45)c23)cc1. The summed E-state index contributed by atoms with van der Waals surface area (Å²) in [6.07, 6.45) is 0. The van der Waals surface area contributed by atoms with Gasteiger partial charge in [-0.15, -0.1) is 34.0 Å². The summed E-state index contributed by atoms with van der Waals surface area (Å²) < 4.78 is 7.64. The van der Waals surface area contributed by atoms with E-state index in [9.17, 15) is 0 Å². The molecular formula is C92H62N4S3. The Kier molecular flexibility index (Phi) is 15.5. The van der Waals surface area contributed by atoms with Gasteiger partial charge in [-0.2, -0.15) is 0 Å². The predicted octanol–water partition coefficient (Wildman–Crippen LogP) is 28.3. The summed E-state index contributed by atoms with van der Waals surface area (Å²) in [6.45, 7) is 0. The lowest BCUT2D eigenvalue weighted by atomic mass is 10.0. The van der Waals surface area contributed by atoms with Crippen LogP contribution < -0.4 is 19.6 Å². The fraction of sp³-hybridized carbons (Fsp3) is 0. The fourth-order valence-corrected chi connectivity index (χ4v) is 18.0. The molecule has 3 aromatic heterocycles. The van der Waals surface area contributed by atoms with Gasteiger partial charge in [0.05, 0.1) is 43.5 Å². The van der Waals surface area contributed by atoms with Crippen molar-refractivity contribution in [3.05, 3.63) is 376 Å². The Balaban J connectivity index is 0.000000144. The molecule has 19 aromatic rings. The number of hydrogen-bond acceptors (Lipinski definition) is 7. The first-order chi connectivity index (χ1) is 49.1. The highest BCUT2D eigenvalue weighted by Gasteiger charge is 2.26. The minimum Gasteiger partial charge on any atom is -0.310 e. The maximum absolute atomic E-state index is 2.45. The van der Waals surface area contributed by atoms with Crippen LogP contribution in [-0.4, -0.2) is 0 Å². The van der Waals surface area contributed by atoms with Gasteiger partial charge >= 0.3 is 0 Å². The maximum Gasteiger partial charge on any atom is 0.0640 e. The lowest BCUT2D eigenvalue weighted by molar-refractivity contribution is 1.30. The first-order valence-corrected chi connectivity index (χ1v) is 35.9. The molecule has 0 saturated heterocycles. The van der Waals surface area contributed by atoms with Crippen molar-refractivity contribution in [2.75, 3.05) is 19.6 Å². The van der Waals surface area contributed by atoms with Gasteiger partial charge in [-0.1, -0.05) is 249 Å². The summed E-state index contributed by atoms with van der Waals surface area (Å²) in [6, 6.07) is 136. The number of hydrogen-bond donors (Lipinski definition) is 0. The number of anilines is 12. The first-order valence-electron chi connectivity index (χ1n) is 33.5. The third kappa shape index (κ3) is 10.9.